The van der Waals surface area contributed by atoms with Crippen molar-refractivity contribution in [3.8, 4) is 11.8 Å². The first-order chi connectivity index (χ1) is 6.93. The van der Waals surface area contributed by atoms with Crippen LogP contribution in [0.3, 0.4) is 0 Å². The molecule has 0 saturated carbocycles. The minimum Gasteiger partial charge on any atom is -0.476 e. The van der Waals surface area contributed by atoms with Crippen molar-refractivity contribution in [3.63, 3.8) is 0 Å². The number of nitriles is 1. The molecular weight excluding hydrogens is 214 g/mol. The molecule has 4 nitrogen and oxygen atoms in total. The topological polar surface area (TPSA) is 67.2 Å². The van der Waals surface area contributed by atoms with Crippen molar-refractivity contribution in [1.82, 2.24) is 0 Å². The second-order valence-corrected chi connectivity index (χ2v) is 5.15. The average Bonchev–Trinajstić information content (AvgIpc) is 2.17. The van der Waals surface area contributed by atoms with Gasteiger partial charge in [0.1, 0.15) is 11.8 Å². The molecule has 0 spiro atoms. The zero-order valence-electron chi connectivity index (χ0n) is 8.47. The number of hydrogen-bond donors (Lipinski definition) is 0. The smallest absolute Gasteiger partial charge is 0.181 e. The summed E-state index contributed by atoms with van der Waals surface area (Å²) in [4.78, 5) is 0.185. The van der Waals surface area contributed by atoms with Crippen LogP contribution in [0.1, 0.15) is 6.92 Å². The highest BCUT2D eigenvalue weighted by atomic mass is 32.2. The van der Waals surface area contributed by atoms with E-state index >= 15 is 0 Å². The molecule has 0 fully saturated rings. The summed E-state index contributed by atoms with van der Waals surface area (Å²) in [5, 5.41) is 8.53. The van der Waals surface area contributed by atoms with Crippen molar-refractivity contribution in [2.24, 2.45) is 0 Å². The summed E-state index contributed by atoms with van der Waals surface area (Å²) in [5.41, 5.74) is 0. The highest BCUT2D eigenvalue weighted by Gasteiger charge is 2.09. The molecule has 0 bridgehead atoms. The molecule has 1 aromatic carbocycles. The molecule has 0 aliphatic heterocycles. The van der Waals surface area contributed by atoms with E-state index in [1.807, 2.05) is 6.07 Å². The Kier molecular flexibility index (Phi) is 3.32. The van der Waals surface area contributed by atoms with Crippen LogP contribution in [0.2, 0.25) is 0 Å². The van der Waals surface area contributed by atoms with Crippen LogP contribution in [0.25, 0.3) is 0 Å². The van der Waals surface area contributed by atoms with Gasteiger partial charge in [-0.05, 0) is 25.1 Å². The first kappa shape index (κ1) is 11.5. The van der Waals surface area contributed by atoms with E-state index in [0.717, 1.165) is 6.26 Å². The maximum absolute atomic E-state index is 11.2. The van der Waals surface area contributed by atoms with E-state index in [2.05, 4.69) is 0 Å². The monoisotopic (exact) mass is 225 g/mol. The molecule has 0 saturated heterocycles. The molecule has 0 heterocycles. The Balaban J connectivity index is 3.00. The van der Waals surface area contributed by atoms with Crippen molar-refractivity contribution in [2.75, 3.05) is 6.26 Å². The van der Waals surface area contributed by atoms with Gasteiger partial charge in [0.25, 0.3) is 0 Å². The van der Waals surface area contributed by atoms with Gasteiger partial charge in [-0.1, -0.05) is 6.07 Å². The molecule has 15 heavy (non-hydrogen) atoms. The van der Waals surface area contributed by atoms with Crippen molar-refractivity contribution in [2.45, 2.75) is 17.9 Å². The van der Waals surface area contributed by atoms with Crippen LogP contribution in [0.4, 0.5) is 0 Å². The Labute approximate surface area is 89.0 Å². The van der Waals surface area contributed by atoms with Crippen LogP contribution < -0.4 is 4.74 Å². The lowest BCUT2D eigenvalue weighted by atomic mass is 10.3. The zero-order valence-corrected chi connectivity index (χ0v) is 9.28. The first-order valence-corrected chi connectivity index (χ1v) is 6.19. The van der Waals surface area contributed by atoms with Crippen LogP contribution in [-0.4, -0.2) is 20.8 Å². The lowest BCUT2D eigenvalue weighted by molar-refractivity contribution is 0.276. The third-order valence-corrected chi connectivity index (χ3v) is 2.84. The molecule has 80 valence electrons. The van der Waals surface area contributed by atoms with Crippen LogP contribution in [0.15, 0.2) is 29.2 Å². The molecule has 0 radical (unpaired) electrons. The Morgan fingerprint density at radius 1 is 1.47 bits per heavy atom. The van der Waals surface area contributed by atoms with Gasteiger partial charge in [0.2, 0.25) is 0 Å². The maximum atomic E-state index is 11.2. The standard InChI is InChI=1S/C10H11NO3S/c1-8(7-11)14-9-4-3-5-10(6-9)15(2,12)13/h3-6,8H,1-2H3. The van der Waals surface area contributed by atoms with Crippen molar-refractivity contribution in [3.05, 3.63) is 24.3 Å². The van der Waals surface area contributed by atoms with Crippen LogP contribution in [0, 0.1) is 11.3 Å². The minimum absolute atomic E-state index is 0.185. The molecule has 0 aromatic heterocycles. The zero-order chi connectivity index (χ0) is 11.5. The van der Waals surface area contributed by atoms with Crippen LogP contribution >= 0.6 is 0 Å². The third kappa shape index (κ3) is 3.26. The molecule has 1 unspecified atom stereocenters. The van der Waals surface area contributed by atoms with E-state index in [0.29, 0.717) is 5.75 Å². The van der Waals surface area contributed by atoms with Gasteiger partial charge in [-0.3, -0.25) is 0 Å². The Morgan fingerprint density at radius 3 is 2.67 bits per heavy atom. The van der Waals surface area contributed by atoms with Crippen molar-refractivity contribution in [1.29, 1.82) is 5.26 Å². The van der Waals surface area contributed by atoms with Crippen LogP contribution in [-0.2, 0) is 9.84 Å². The van der Waals surface area contributed by atoms with Gasteiger partial charge in [0, 0.05) is 6.26 Å². The van der Waals surface area contributed by atoms with E-state index < -0.39 is 15.9 Å². The molecule has 0 N–H and O–H groups in total. The molecule has 0 aliphatic rings. The fourth-order valence-corrected chi connectivity index (χ4v) is 1.66. The summed E-state index contributed by atoms with van der Waals surface area (Å²) < 4.78 is 27.6. The number of rotatable bonds is 3. The SMILES string of the molecule is CC(C#N)Oc1cccc(S(C)(=O)=O)c1. The Morgan fingerprint density at radius 2 is 2.13 bits per heavy atom. The van der Waals surface area contributed by atoms with Crippen molar-refractivity contribution < 1.29 is 13.2 Å². The quantitative estimate of drug-likeness (QED) is 0.779. The van der Waals surface area contributed by atoms with Gasteiger partial charge in [0.05, 0.1) is 4.90 Å². The number of benzene rings is 1. The van der Waals surface area contributed by atoms with E-state index in [1.54, 1.807) is 19.1 Å². The van der Waals surface area contributed by atoms with E-state index in [1.165, 1.54) is 12.1 Å². The molecule has 0 aliphatic carbocycles. The fourth-order valence-electron chi connectivity index (χ4n) is 1.01. The summed E-state index contributed by atoms with van der Waals surface area (Å²) >= 11 is 0. The van der Waals surface area contributed by atoms with E-state index in [9.17, 15) is 8.42 Å². The normalized spacial score (nSPS) is 12.9. The molecule has 1 aromatic rings. The van der Waals surface area contributed by atoms with Gasteiger partial charge in [0.15, 0.2) is 15.9 Å². The van der Waals surface area contributed by atoms with Gasteiger partial charge in [-0.15, -0.1) is 0 Å². The highest BCUT2D eigenvalue weighted by molar-refractivity contribution is 7.90. The number of nitrogens with zero attached hydrogens (tertiary/aromatic N) is 1. The van der Waals surface area contributed by atoms with Gasteiger partial charge >= 0.3 is 0 Å². The van der Waals surface area contributed by atoms with Crippen molar-refractivity contribution >= 4 is 9.84 Å². The summed E-state index contributed by atoms with van der Waals surface area (Å²) in [5.74, 6) is 0.381. The number of sulfone groups is 1. The van der Waals surface area contributed by atoms with Gasteiger partial charge in [-0.25, -0.2) is 8.42 Å². The molecule has 0 amide bonds. The van der Waals surface area contributed by atoms with Gasteiger partial charge < -0.3 is 4.74 Å². The summed E-state index contributed by atoms with van der Waals surface area (Å²) in [6.07, 6.45) is 0.527. The Bertz CT molecular complexity index is 488. The van der Waals surface area contributed by atoms with Gasteiger partial charge in [-0.2, -0.15) is 5.26 Å². The second kappa shape index (κ2) is 4.32. The minimum atomic E-state index is -3.23. The Hall–Kier alpha value is -1.54. The summed E-state index contributed by atoms with van der Waals surface area (Å²) in [6, 6.07) is 7.98. The second-order valence-electron chi connectivity index (χ2n) is 3.14. The lowest BCUT2D eigenvalue weighted by Crippen LogP contribution is -2.08. The first-order valence-electron chi connectivity index (χ1n) is 4.30. The molecular formula is C10H11NO3S. The van der Waals surface area contributed by atoms with Crippen LogP contribution in [0.5, 0.6) is 5.75 Å². The average molecular weight is 225 g/mol. The third-order valence-electron chi connectivity index (χ3n) is 1.73. The number of ether oxygens (including phenoxy) is 1. The van der Waals surface area contributed by atoms with E-state index in [-0.39, 0.29) is 4.90 Å². The highest BCUT2D eigenvalue weighted by Crippen LogP contribution is 2.18. The largest absolute Gasteiger partial charge is 0.476 e. The molecule has 1 atom stereocenters. The lowest BCUT2D eigenvalue weighted by Gasteiger charge is -2.08. The maximum Gasteiger partial charge on any atom is 0.181 e. The number of hydrogen-bond acceptors (Lipinski definition) is 4. The molecule has 5 heteroatoms. The summed E-state index contributed by atoms with van der Waals surface area (Å²) in [6.45, 7) is 1.59. The summed E-state index contributed by atoms with van der Waals surface area (Å²) in [7, 11) is -3.23. The van der Waals surface area contributed by atoms with E-state index in [4.69, 9.17) is 10.00 Å². The predicted octanol–water partition coefficient (Wildman–Crippen LogP) is 1.38. The molecule has 1 rings (SSSR count). The fraction of sp³-hybridized carbons (Fsp3) is 0.300. The predicted molar refractivity (Wildman–Crippen MR) is 55.3 cm³/mol.